The van der Waals surface area contributed by atoms with Crippen LogP contribution in [-0.4, -0.2) is 22.6 Å². The average molecular weight is 307 g/mol. The van der Waals surface area contributed by atoms with Crippen molar-refractivity contribution < 1.29 is 0 Å². The number of imidazole rings is 1. The van der Waals surface area contributed by atoms with Crippen molar-refractivity contribution in [2.45, 2.75) is 25.8 Å². The Kier molecular flexibility index (Phi) is 3.66. The highest BCUT2D eigenvalue weighted by molar-refractivity contribution is 5.89. The van der Waals surface area contributed by atoms with E-state index >= 15 is 0 Å². The molecule has 0 amide bonds. The highest BCUT2D eigenvalue weighted by atomic mass is 16.1. The largest absolute Gasteiger partial charge is 0.370 e. The third-order valence-corrected chi connectivity index (χ3v) is 4.67. The predicted octanol–water partition coefficient (Wildman–Crippen LogP) is 3.37. The van der Waals surface area contributed by atoms with Gasteiger partial charge in [-0.2, -0.15) is 0 Å². The topological polar surface area (TPSA) is 41.0 Å². The molecule has 0 radical (unpaired) electrons. The monoisotopic (exact) mass is 307 g/mol. The Morgan fingerprint density at radius 3 is 2.48 bits per heavy atom. The van der Waals surface area contributed by atoms with Crippen molar-refractivity contribution in [3.05, 3.63) is 64.6 Å². The van der Waals surface area contributed by atoms with Crippen LogP contribution in [-0.2, 0) is 6.54 Å². The molecule has 1 aromatic heterocycles. The molecule has 1 saturated heterocycles. The van der Waals surface area contributed by atoms with E-state index in [-0.39, 0.29) is 5.69 Å². The Labute approximate surface area is 135 Å². The second kappa shape index (κ2) is 5.95. The van der Waals surface area contributed by atoms with Gasteiger partial charge in [0.1, 0.15) is 0 Å². The van der Waals surface area contributed by atoms with E-state index in [9.17, 15) is 4.79 Å². The maximum atomic E-state index is 12.5. The van der Waals surface area contributed by atoms with Crippen molar-refractivity contribution >= 4 is 16.7 Å². The number of rotatable bonds is 3. The molecule has 2 heterocycles. The first-order chi connectivity index (χ1) is 11.3. The Morgan fingerprint density at radius 2 is 1.70 bits per heavy atom. The summed E-state index contributed by atoms with van der Waals surface area (Å²) >= 11 is 0. The normalized spacial score (nSPS) is 15.2. The van der Waals surface area contributed by atoms with Crippen molar-refractivity contribution in [3.8, 4) is 0 Å². The van der Waals surface area contributed by atoms with Crippen molar-refractivity contribution in [1.29, 1.82) is 0 Å². The lowest BCUT2D eigenvalue weighted by Crippen LogP contribution is -2.29. The molecule has 4 rings (SSSR count). The standard InChI is InChI=1S/C19H21N3O/c23-19-20-18-16(21-12-5-2-6-13-21)10-7-11-17(18)22(19)14-15-8-3-1-4-9-15/h1,3-4,7-11H,2,5-6,12-14H2,(H,20,23). The van der Waals surface area contributed by atoms with Crippen molar-refractivity contribution in [2.24, 2.45) is 0 Å². The van der Waals surface area contributed by atoms with Crippen molar-refractivity contribution in [2.75, 3.05) is 18.0 Å². The van der Waals surface area contributed by atoms with Crippen LogP contribution in [0.2, 0.25) is 0 Å². The van der Waals surface area contributed by atoms with Crippen LogP contribution in [0.25, 0.3) is 11.0 Å². The number of hydrogen-bond donors (Lipinski definition) is 1. The first-order valence-electron chi connectivity index (χ1n) is 8.33. The van der Waals surface area contributed by atoms with E-state index in [2.05, 4.69) is 34.1 Å². The van der Waals surface area contributed by atoms with Gasteiger partial charge in [0, 0.05) is 13.1 Å². The zero-order valence-electron chi connectivity index (χ0n) is 13.2. The molecule has 0 spiro atoms. The van der Waals surface area contributed by atoms with E-state index < -0.39 is 0 Å². The lowest BCUT2D eigenvalue weighted by Gasteiger charge is -2.29. The Balaban J connectivity index is 1.78. The van der Waals surface area contributed by atoms with Gasteiger partial charge in [-0.25, -0.2) is 4.79 Å². The molecule has 118 valence electrons. The summed E-state index contributed by atoms with van der Waals surface area (Å²) in [7, 11) is 0. The molecule has 0 bridgehead atoms. The molecule has 0 saturated carbocycles. The van der Waals surface area contributed by atoms with Crippen molar-refractivity contribution in [1.82, 2.24) is 9.55 Å². The average Bonchev–Trinajstić information content (AvgIpc) is 2.92. The molecule has 23 heavy (non-hydrogen) atoms. The number of nitrogens with one attached hydrogen (secondary N) is 1. The number of nitrogens with zero attached hydrogens (tertiary/aromatic N) is 2. The van der Waals surface area contributed by atoms with E-state index in [0.717, 1.165) is 35.4 Å². The molecule has 1 fully saturated rings. The summed E-state index contributed by atoms with van der Waals surface area (Å²) in [5, 5.41) is 0. The van der Waals surface area contributed by atoms with Gasteiger partial charge in [-0.05, 0) is 37.0 Å². The van der Waals surface area contributed by atoms with Crippen LogP contribution in [0.5, 0.6) is 0 Å². The zero-order valence-corrected chi connectivity index (χ0v) is 13.2. The number of anilines is 1. The highest BCUT2D eigenvalue weighted by Gasteiger charge is 2.16. The smallest absolute Gasteiger partial charge is 0.326 e. The second-order valence-corrected chi connectivity index (χ2v) is 6.22. The maximum absolute atomic E-state index is 12.5. The molecule has 0 aliphatic carbocycles. The summed E-state index contributed by atoms with van der Waals surface area (Å²) in [5.74, 6) is 0. The molecule has 1 aliphatic heterocycles. The SMILES string of the molecule is O=c1[nH]c2c(N3CCCCC3)cccc2n1Cc1ccccc1. The summed E-state index contributed by atoms with van der Waals surface area (Å²) in [4.78, 5) is 17.9. The van der Waals surface area contributed by atoms with Crippen LogP contribution in [0, 0.1) is 0 Å². The zero-order chi connectivity index (χ0) is 15.6. The van der Waals surface area contributed by atoms with Gasteiger partial charge in [0.2, 0.25) is 0 Å². The Hall–Kier alpha value is -2.49. The number of fused-ring (bicyclic) bond motifs is 1. The number of aromatic amines is 1. The molecule has 0 atom stereocenters. The van der Waals surface area contributed by atoms with Gasteiger partial charge in [0.25, 0.3) is 0 Å². The molecule has 0 unspecified atom stereocenters. The van der Waals surface area contributed by atoms with Crippen LogP contribution in [0.3, 0.4) is 0 Å². The van der Waals surface area contributed by atoms with Crippen LogP contribution in [0.4, 0.5) is 5.69 Å². The minimum Gasteiger partial charge on any atom is -0.370 e. The minimum absolute atomic E-state index is 0.0340. The fraction of sp³-hybridized carbons (Fsp3) is 0.316. The quantitative estimate of drug-likeness (QED) is 0.806. The number of piperidine rings is 1. The van der Waals surface area contributed by atoms with Gasteiger partial charge < -0.3 is 9.88 Å². The number of benzene rings is 2. The number of para-hydroxylation sites is 1. The molecular weight excluding hydrogens is 286 g/mol. The fourth-order valence-corrected chi connectivity index (χ4v) is 3.49. The fourth-order valence-electron chi connectivity index (χ4n) is 3.49. The summed E-state index contributed by atoms with van der Waals surface area (Å²) in [6, 6.07) is 16.3. The number of aromatic nitrogens is 2. The Morgan fingerprint density at radius 1 is 0.913 bits per heavy atom. The molecular formula is C19H21N3O. The molecule has 1 N–H and O–H groups in total. The number of hydrogen-bond acceptors (Lipinski definition) is 2. The lowest BCUT2D eigenvalue weighted by atomic mass is 10.1. The van der Waals surface area contributed by atoms with Crippen LogP contribution in [0.1, 0.15) is 24.8 Å². The van der Waals surface area contributed by atoms with E-state index in [1.807, 2.05) is 28.8 Å². The van der Waals surface area contributed by atoms with Crippen molar-refractivity contribution in [3.63, 3.8) is 0 Å². The molecule has 4 nitrogen and oxygen atoms in total. The van der Waals surface area contributed by atoms with E-state index in [1.54, 1.807) is 0 Å². The summed E-state index contributed by atoms with van der Waals surface area (Å²) in [6.07, 6.45) is 3.76. The van der Waals surface area contributed by atoms with E-state index in [0.29, 0.717) is 6.54 Å². The first kappa shape index (κ1) is 14.1. The summed E-state index contributed by atoms with van der Waals surface area (Å²) < 4.78 is 1.83. The van der Waals surface area contributed by atoms with Gasteiger partial charge in [-0.1, -0.05) is 36.4 Å². The van der Waals surface area contributed by atoms with E-state index in [1.165, 1.54) is 19.3 Å². The van der Waals surface area contributed by atoms with Gasteiger partial charge in [0.05, 0.1) is 23.3 Å². The van der Waals surface area contributed by atoms with Gasteiger partial charge in [-0.15, -0.1) is 0 Å². The minimum atomic E-state index is -0.0340. The van der Waals surface area contributed by atoms with Crippen LogP contribution in [0.15, 0.2) is 53.3 Å². The molecule has 3 aromatic rings. The summed E-state index contributed by atoms with van der Waals surface area (Å²) in [6.45, 7) is 2.75. The first-order valence-corrected chi connectivity index (χ1v) is 8.33. The summed E-state index contributed by atoms with van der Waals surface area (Å²) in [5.41, 5.74) is 4.22. The third-order valence-electron chi connectivity index (χ3n) is 4.67. The third kappa shape index (κ3) is 2.65. The van der Waals surface area contributed by atoms with Crippen LogP contribution >= 0.6 is 0 Å². The maximum Gasteiger partial charge on any atom is 0.326 e. The van der Waals surface area contributed by atoms with E-state index in [4.69, 9.17) is 0 Å². The molecule has 2 aromatic carbocycles. The molecule has 1 aliphatic rings. The highest BCUT2D eigenvalue weighted by Crippen LogP contribution is 2.27. The van der Waals surface area contributed by atoms with Gasteiger partial charge in [0.15, 0.2) is 0 Å². The lowest BCUT2D eigenvalue weighted by molar-refractivity contribution is 0.579. The van der Waals surface area contributed by atoms with Gasteiger partial charge >= 0.3 is 5.69 Å². The predicted molar refractivity (Wildman–Crippen MR) is 94.2 cm³/mol. The Bertz CT molecular complexity index is 857. The second-order valence-electron chi connectivity index (χ2n) is 6.22. The van der Waals surface area contributed by atoms with Crippen LogP contribution < -0.4 is 10.6 Å². The number of H-pyrrole nitrogens is 1. The van der Waals surface area contributed by atoms with Gasteiger partial charge in [-0.3, -0.25) is 4.57 Å². The molecule has 4 heteroatoms.